The van der Waals surface area contributed by atoms with Gasteiger partial charge in [-0.15, -0.1) is 21.5 Å². The fourth-order valence-electron chi connectivity index (χ4n) is 3.02. The monoisotopic (exact) mass is 409 g/mol. The Balaban J connectivity index is 1.55. The van der Waals surface area contributed by atoms with Crippen molar-refractivity contribution < 1.29 is 12.8 Å². The van der Waals surface area contributed by atoms with Gasteiger partial charge in [-0.1, -0.05) is 17.7 Å². The van der Waals surface area contributed by atoms with E-state index in [1.54, 1.807) is 12.1 Å². The molecule has 0 spiro atoms. The van der Waals surface area contributed by atoms with E-state index in [1.807, 2.05) is 17.5 Å². The summed E-state index contributed by atoms with van der Waals surface area (Å²) in [7, 11) is -3.57. The molecule has 1 unspecified atom stereocenters. The summed E-state index contributed by atoms with van der Waals surface area (Å²) in [6.45, 7) is 0.810. The first kappa shape index (κ1) is 17.7. The first-order valence-corrected chi connectivity index (χ1v) is 10.9. The molecule has 1 aromatic carbocycles. The van der Waals surface area contributed by atoms with Gasteiger partial charge in [-0.25, -0.2) is 8.42 Å². The van der Waals surface area contributed by atoms with Crippen LogP contribution in [0.5, 0.6) is 0 Å². The van der Waals surface area contributed by atoms with Crippen molar-refractivity contribution in [2.24, 2.45) is 0 Å². The van der Waals surface area contributed by atoms with Crippen molar-refractivity contribution in [3.63, 3.8) is 0 Å². The molecule has 26 heavy (non-hydrogen) atoms. The molecule has 2 aromatic heterocycles. The third-order valence-corrected chi connectivity index (χ3v) is 7.35. The summed E-state index contributed by atoms with van der Waals surface area (Å²) in [5, 5.41) is 10.7. The van der Waals surface area contributed by atoms with Gasteiger partial charge in [0.2, 0.25) is 15.9 Å². The van der Waals surface area contributed by atoms with Crippen LogP contribution in [0.3, 0.4) is 0 Å². The summed E-state index contributed by atoms with van der Waals surface area (Å²) >= 11 is 7.39. The van der Waals surface area contributed by atoms with E-state index in [0.717, 1.165) is 17.7 Å². The molecule has 3 heterocycles. The van der Waals surface area contributed by atoms with Crippen LogP contribution in [0.1, 0.15) is 24.7 Å². The molecule has 0 radical (unpaired) electrons. The third kappa shape index (κ3) is 3.42. The van der Waals surface area contributed by atoms with E-state index in [-0.39, 0.29) is 10.8 Å². The van der Waals surface area contributed by atoms with Crippen LogP contribution in [0.15, 0.2) is 51.1 Å². The van der Waals surface area contributed by atoms with Crippen molar-refractivity contribution in [1.82, 2.24) is 14.5 Å². The number of hydrogen-bond acceptors (Lipinski definition) is 6. The van der Waals surface area contributed by atoms with E-state index < -0.39 is 10.0 Å². The first-order valence-electron chi connectivity index (χ1n) is 8.17. The van der Waals surface area contributed by atoms with E-state index in [2.05, 4.69) is 10.2 Å². The highest BCUT2D eigenvalue weighted by molar-refractivity contribution is 7.89. The molecule has 1 saturated heterocycles. The largest absolute Gasteiger partial charge is 0.420 e. The van der Waals surface area contributed by atoms with E-state index in [4.69, 9.17) is 16.0 Å². The molecule has 1 aliphatic heterocycles. The van der Waals surface area contributed by atoms with Gasteiger partial charge < -0.3 is 4.42 Å². The van der Waals surface area contributed by atoms with Crippen LogP contribution in [-0.2, 0) is 10.0 Å². The Kier molecular flexibility index (Phi) is 4.83. The third-order valence-electron chi connectivity index (χ3n) is 4.36. The topological polar surface area (TPSA) is 76.3 Å². The molecule has 4 rings (SSSR count). The van der Waals surface area contributed by atoms with Gasteiger partial charge >= 0.3 is 0 Å². The van der Waals surface area contributed by atoms with Crippen molar-refractivity contribution >= 4 is 33.0 Å². The molecule has 0 amide bonds. The summed E-state index contributed by atoms with van der Waals surface area (Å²) in [5.41, 5.74) is 0. The van der Waals surface area contributed by atoms with Gasteiger partial charge in [-0.3, -0.25) is 0 Å². The second-order valence-electron chi connectivity index (χ2n) is 6.08. The maximum absolute atomic E-state index is 12.9. The zero-order chi connectivity index (χ0) is 18.1. The number of rotatable bonds is 4. The highest BCUT2D eigenvalue weighted by atomic mass is 35.5. The number of benzene rings is 1. The maximum atomic E-state index is 12.9. The van der Waals surface area contributed by atoms with Crippen molar-refractivity contribution in [3.05, 3.63) is 52.7 Å². The zero-order valence-electron chi connectivity index (χ0n) is 13.7. The minimum absolute atomic E-state index is 0.105. The smallest absolute Gasteiger partial charge is 0.257 e. The highest BCUT2D eigenvalue weighted by Crippen LogP contribution is 2.32. The Morgan fingerprint density at radius 3 is 2.73 bits per heavy atom. The van der Waals surface area contributed by atoms with Crippen molar-refractivity contribution in [1.29, 1.82) is 0 Å². The van der Waals surface area contributed by atoms with Gasteiger partial charge in [0.25, 0.3) is 5.89 Å². The lowest BCUT2D eigenvalue weighted by Gasteiger charge is -2.30. The summed E-state index contributed by atoms with van der Waals surface area (Å²) in [4.78, 5) is 1.15. The van der Waals surface area contributed by atoms with Crippen LogP contribution in [0, 0.1) is 0 Å². The molecular formula is C17H16ClN3O3S2. The fourth-order valence-corrected chi connectivity index (χ4v) is 5.31. The number of hydrogen-bond donors (Lipinski definition) is 0. The number of sulfonamides is 1. The van der Waals surface area contributed by atoms with Crippen LogP contribution in [0.4, 0.5) is 0 Å². The lowest BCUT2D eigenvalue weighted by atomic mass is 10.00. The van der Waals surface area contributed by atoms with Gasteiger partial charge in [0.1, 0.15) is 0 Å². The van der Waals surface area contributed by atoms with Gasteiger partial charge in [0.15, 0.2) is 0 Å². The minimum Gasteiger partial charge on any atom is -0.420 e. The quantitative estimate of drug-likeness (QED) is 0.650. The van der Waals surface area contributed by atoms with Gasteiger partial charge in [0.05, 0.1) is 15.7 Å². The maximum Gasteiger partial charge on any atom is 0.257 e. The predicted octanol–water partition coefficient (Wildman–Crippen LogP) is 4.02. The van der Waals surface area contributed by atoms with Crippen LogP contribution in [-0.4, -0.2) is 36.0 Å². The van der Waals surface area contributed by atoms with E-state index >= 15 is 0 Å². The highest BCUT2D eigenvalue weighted by Gasteiger charge is 2.33. The molecule has 0 bridgehead atoms. The van der Waals surface area contributed by atoms with Crippen molar-refractivity contribution in [2.75, 3.05) is 13.1 Å². The minimum atomic E-state index is -3.57. The van der Waals surface area contributed by atoms with Crippen LogP contribution in [0.2, 0.25) is 5.02 Å². The zero-order valence-corrected chi connectivity index (χ0v) is 16.1. The molecule has 1 fully saturated rings. The number of piperidine rings is 1. The lowest BCUT2D eigenvalue weighted by Crippen LogP contribution is -2.39. The molecule has 6 nitrogen and oxygen atoms in total. The number of thiophene rings is 1. The van der Waals surface area contributed by atoms with Crippen molar-refractivity contribution in [3.8, 4) is 10.8 Å². The van der Waals surface area contributed by atoms with Gasteiger partial charge in [-0.2, -0.15) is 4.31 Å². The molecule has 0 aliphatic carbocycles. The number of halogens is 1. The summed E-state index contributed by atoms with van der Waals surface area (Å²) < 4.78 is 33.1. The summed E-state index contributed by atoms with van der Waals surface area (Å²) in [6.07, 6.45) is 1.56. The normalized spacial score (nSPS) is 18.9. The Morgan fingerprint density at radius 2 is 2.00 bits per heavy atom. The lowest BCUT2D eigenvalue weighted by molar-refractivity contribution is 0.286. The first-order chi connectivity index (χ1) is 12.5. The molecule has 1 atom stereocenters. The van der Waals surface area contributed by atoms with E-state index in [9.17, 15) is 8.42 Å². The average molecular weight is 410 g/mol. The number of aromatic nitrogens is 2. The summed E-state index contributed by atoms with van der Waals surface area (Å²) in [6, 6.07) is 10.1. The summed E-state index contributed by atoms with van der Waals surface area (Å²) in [5.74, 6) is 0.865. The molecule has 3 aromatic rings. The fraction of sp³-hybridized carbons (Fsp3) is 0.294. The second-order valence-corrected chi connectivity index (χ2v) is 9.40. The molecule has 136 valence electrons. The number of nitrogens with zero attached hydrogens (tertiary/aromatic N) is 3. The molecule has 9 heteroatoms. The molecular weight excluding hydrogens is 394 g/mol. The van der Waals surface area contributed by atoms with Crippen LogP contribution in [0.25, 0.3) is 10.8 Å². The Morgan fingerprint density at radius 1 is 1.19 bits per heavy atom. The van der Waals surface area contributed by atoms with Gasteiger partial charge in [0, 0.05) is 18.1 Å². The van der Waals surface area contributed by atoms with Gasteiger partial charge in [-0.05, 0) is 48.6 Å². The molecule has 0 N–H and O–H groups in total. The Labute approximate surface area is 160 Å². The van der Waals surface area contributed by atoms with Crippen molar-refractivity contribution in [2.45, 2.75) is 23.7 Å². The second kappa shape index (κ2) is 7.11. The Hall–Kier alpha value is -1.74. The standard InChI is InChI=1S/C17H16ClN3O3S2/c18-13-5-7-14(8-6-13)26(22,23)21-9-1-3-12(11-21)16-19-20-17(24-16)15-4-2-10-25-15/h2,4-8,10,12H,1,3,9,11H2. The van der Waals surface area contributed by atoms with Crippen LogP contribution < -0.4 is 0 Å². The molecule has 1 aliphatic rings. The average Bonchev–Trinajstić information content (AvgIpc) is 3.34. The van der Waals surface area contributed by atoms with E-state index in [1.165, 1.54) is 27.8 Å². The van der Waals surface area contributed by atoms with Crippen LogP contribution >= 0.6 is 22.9 Å². The predicted molar refractivity (Wildman–Crippen MR) is 99.8 cm³/mol. The molecule has 0 saturated carbocycles. The van der Waals surface area contributed by atoms with E-state index in [0.29, 0.717) is 29.9 Å². The SMILES string of the molecule is O=S(=O)(c1ccc(Cl)cc1)N1CCCC(c2nnc(-c3cccs3)o2)C1. The Bertz CT molecular complexity index is 985.